The molecule has 0 saturated heterocycles. The highest BCUT2D eigenvalue weighted by Gasteiger charge is 2.38. The summed E-state index contributed by atoms with van der Waals surface area (Å²) in [6, 6.07) is 0.998. The standard InChI is InChI=1S/C12H14F4N2O2S.ClH/c13-8-3-4-11(9(5-8)12(14,15)16)21(19,20)18-6-10(17)7-1-2-7;/h3-5,7,10,18H,1-2,6,17H2;1H. The predicted octanol–water partition coefficient (Wildman–Crippen LogP) is 2.28. The van der Waals surface area contributed by atoms with Crippen LogP contribution in [0.3, 0.4) is 0 Å². The molecule has 3 N–H and O–H groups in total. The monoisotopic (exact) mass is 362 g/mol. The lowest BCUT2D eigenvalue weighted by atomic mass is 10.2. The number of rotatable bonds is 5. The lowest BCUT2D eigenvalue weighted by Crippen LogP contribution is -2.39. The van der Waals surface area contributed by atoms with Gasteiger partial charge in [0.1, 0.15) is 5.82 Å². The van der Waals surface area contributed by atoms with E-state index in [1.54, 1.807) is 0 Å². The second kappa shape index (κ2) is 6.69. The topological polar surface area (TPSA) is 72.2 Å². The quantitative estimate of drug-likeness (QED) is 0.789. The Hall–Kier alpha value is -0.900. The van der Waals surface area contributed by atoms with Crippen molar-refractivity contribution < 1.29 is 26.0 Å². The second-order valence-corrected chi connectivity index (χ2v) is 6.73. The zero-order valence-corrected chi connectivity index (χ0v) is 12.9. The number of hydrogen-bond donors (Lipinski definition) is 2. The van der Waals surface area contributed by atoms with E-state index in [9.17, 15) is 26.0 Å². The number of alkyl halides is 3. The summed E-state index contributed by atoms with van der Waals surface area (Å²) >= 11 is 0. The highest BCUT2D eigenvalue weighted by Crippen LogP contribution is 2.35. The van der Waals surface area contributed by atoms with Gasteiger partial charge in [-0.3, -0.25) is 0 Å². The Morgan fingerprint density at radius 1 is 1.32 bits per heavy atom. The van der Waals surface area contributed by atoms with Crippen LogP contribution in [0.4, 0.5) is 17.6 Å². The van der Waals surface area contributed by atoms with E-state index in [-0.39, 0.29) is 30.9 Å². The van der Waals surface area contributed by atoms with E-state index in [0.29, 0.717) is 12.1 Å². The zero-order valence-electron chi connectivity index (χ0n) is 11.2. The van der Waals surface area contributed by atoms with Crippen LogP contribution in [0.25, 0.3) is 0 Å². The van der Waals surface area contributed by atoms with Gasteiger partial charge < -0.3 is 5.73 Å². The lowest BCUT2D eigenvalue weighted by molar-refractivity contribution is -0.140. The minimum Gasteiger partial charge on any atom is -0.326 e. The molecule has 1 atom stereocenters. The summed E-state index contributed by atoms with van der Waals surface area (Å²) in [6.45, 7) is -0.151. The summed E-state index contributed by atoms with van der Waals surface area (Å²) in [4.78, 5) is -1.00. The Bertz CT molecular complexity index is 633. The fraction of sp³-hybridized carbons (Fsp3) is 0.500. The molecule has 1 aromatic rings. The summed E-state index contributed by atoms with van der Waals surface area (Å²) in [5.74, 6) is -0.959. The van der Waals surface area contributed by atoms with Gasteiger partial charge in [0.15, 0.2) is 0 Å². The van der Waals surface area contributed by atoms with Gasteiger partial charge in [-0.2, -0.15) is 13.2 Å². The molecule has 0 aliphatic heterocycles. The number of halogens is 5. The first-order chi connectivity index (χ1) is 9.61. The second-order valence-electron chi connectivity index (χ2n) is 4.99. The number of sulfonamides is 1. The Morgan fingerprint density at radius 2 is 1.91 bits per heavy atom. The van der Waals surface area contributed by atoms with Crippen molar-refractivity contribution in [3.05, 3.63) is 29.6 Å². The van der Waals surface area contributed by atoms with Gasteiger partial charge in [-0.05, 0) is 37.0 Å². The Morgan fingerprint density at radius 3 is 2.41 bits per heavy atom. The van der Waals surface area contributed by atoms with Crippen LogP contribution in [0.15, 0.2) is 23.1 Å². The third-order valence-corrected chi connectivity index (χ3v) is 4.75. The van der Waals surface area contributed by atoms with E-state index < -0.39 is 38.5 Å². The largest absolute Gasteiger partial charge is 0.417 e. The number of hydrogen-bond acceptors (Lipinski definition) is 3. The van der Waals surface area contributed by atoms with Crippen LogP contribution in [0.1, 0.15) is 18.4 Å². The van der Waals surface area contributed by atoms with Crippen LogP contribution in [0.5, 0.6) is 0 Å². The van der Waals surface area contributed by atoms with Crippen molar-refractivity contribution >= 4 is 22.4 Å². The molecule has 1 aromatic carbocycles. The molecular formula is C12H15ClF4N2O2S. The molecule has 1 unspecified atom stereocenters. The van der Waals surface area contributed by atoms with Crippen molar-refractivity contribution in [1.29, 1.82) is 0 Å². The smallest absolute Gasteiger partial charge is 0.326 e. The zero-order chi connectivity index (χ0) is 15.8. The Balaban J connectivity index is 0.00000242. The molecule has 1 saturated carbocycles. The highest BCUT2D eigenvalue weighted by molar-refractivity contribution is 7.89. The lowest BCUT2D eigenvalue weighted by Gasteiger charge is -2.16. The van der Waals surface area contributed by atoms with Gasteiger partial charge in [-0.25, -0.2) is 17.5 Å². The Labute approximate surface area is 131 Å². The summed E-state index contributed by atoms with van der Waals surface area (Å²) < 4.78 is 77.4. The van der Waals surface area contributed by atoms with Gasteiger partial charge >= 0.3 is 6.18 Å². The molecule has 0 spiro atoms. The summed E-state index contributed by atoms with van der Waals surface area (Å²) in [6.07, 6.45) is -3.20. The molecule has 0 amide bonds. The molecule has 126 valence electrons. The van der Waals surface area contributed by atoms with Crippen LogP contribution in [-0.4, -0.2) is 21.0 Å². The molecule has 0 aromatic heterocycles. The van der Waals surface area contributed by atoms with E-state index in [4.69, 9.17) is 5.73 Å². The van der Waals surface area contributed by atoms with Crippen LogP contribution in [-0.2, 0) is 16.2 Å². The first-order valence-corrected chi connectivity index (χ1v) is 7.71. The van der Waals surface area contributed by atoms with Crippen molar-refractivity contribution in [3.8, 4) is 0 Å². The summed E-state index contributed by atoms with van der Waals surface area (Å²) in [5.41, 5.74) is 4.17. The van der Waals surface area contributed by atoms with Gasteiger partial charge in [0.2, 0.25) is 10.0 Å². The van der Waals surface area contributed by atoms with Crippen molar-refractivity contribution in [2.75, 3.05) is 6.54 Å². The number of nitrogens with one attached hydrogen (secondary N) is 1. The van der Waals surface area contributed by atoms with Crippen LogP contribution >= 0.6 is 12.4 Å². The van der Waals surface area contributed by atoms with Crippen molar-refractivity contribution in [2.45, 2.75) is 30.0 Å². The van der Waals surface area contributed by atoms with Crippen molar-refractivity contribution in [1.82, 2.24) is 4.72 Å². The van der Waals surface area contributed by atoms with Gasteiger partial charge in [0, 0.05) is 12.6 Å². The molecular weight excluding hydrogens is 348 g/mol. The van der Waals surface area contributed by atoms with Crippen molar-refractivity contribution in [2.24, 2.45) is 11.7 Å². The first kappa shape index (κ1) is 19.1. The van der Waals surface area contributed by atoms with E-state index in [2.05, 4.69) is 4.72 Å². The third-order valence-electron chi connectivity index (χ3n) is 3.27. The number of nitrogens with two attached hydrogens (primary N) is 1. The van der Waals surface area contributed by atoms with E-state index in [1.807, 2.05) is 0 Å². The molecule has 2 rings (SSSR count). The fourth-order valence-corrected chi connectivity index (χ4v) is 3.21. The number of benzene rings is 1. The molecule has 10 heteroatoms. The minimum atomic E-state index is -4.97. The van der Waals surface area contributed by atoms with E-state index in [0.717, 1.165) is 12.8 Å². The van der Waals surface area contributed by atoms with Gasteiger partial charge in [-0.15, -0.1) is 12.4 Å². The average Bonchev–Trinajstić information content (AvgIpc) is 3.19. The third kappa shape index (κ3) is 4.55. The predicted molar refractivity (Wildman–Crippen MR) is 74.5 cm³/mol. The van der Waals surface area contributed by atoms with Gasteiger partial charge in [0.05, 0.1) is 10.5 Å². The molecule has 22 heavy (non-hydrogen) atoms. The minimum absolute atomic E-state index is 0. The molecule has 1 aliphatic rings. The SMILES string of the molecule is Cl.NC(CNS(=O)(=O)c1ccc(F)cc1C(F)(F)F)C1CC1. The maximum atomic E-state index is 13.0. The average molecular weight is 363 g/mol. The van der Waals surface area contributed by atoms with Crippen LogP contribution < -0.4 is 10.5 Å². The summed E-state index contributed by atoms with van der Waals surface area (Å²) in [7, 11) is -4.41. The molecule has 4 nitrogen and oxygen atoms in total. The highest BCUT2D eigenvalue weighted by atomic mass is 35.5. The Kier molecular flexibility index (Phi) is 5.82. The van der Waals surface area contributed by atoms with Gasteiger partial charge in [0.25, 0.3) is 0 Å². The maximum absolute atomic E-state index is 13.0. The van der Waals surface area contributed by atoms with E-state index in [1.165, 1.54) is 0 Å². The van der Waals surface area contributed by atoms with Gasteiger partial charge in [-0.1, -0.05) is 0 Å². The normalized spacial score (nSPS) is 17.0. The summed E-state index contributed by atoms with van der Waals surface area (Å²) in [5, 5.41) is 0. The molecule has 0 heterocycles. The van der Waals surface area contributed by atoms with Crippen LogP contribution in [0.2, 0.25) is 0 Å². The van der Waals surface area contributed by atoms with Crippen molar-refractivity contribution in [3.63, 3.8) is 0 Å². The van der Waals surface area contributed by atoms with Crippen LogP contribution in [0, 0.1) is 11.7 Å². The first-order valence-electron chi connectivity index (χ1n) is 6.23. The molecule has 0 bridgehead atoms. The fourth-order valence-electron chi connectivity index (χ4n) is 1.93. The maximum Gasteiger partial charge on any atom is 0.417 e. The van der Waals surface area contributed by atoms with E-state index >= 15 is 0 Å². The molecule has 1 aliphatic carbocycles. The molecule has 0 radical (unpaired) electrons. The molecule has 1 fully saturated rings.